The Kier molecular flexibility index (Phi) is 38.5. The lowest BCUT2D eigenvalue weighted by Crippen LogP contribution is -2.28. The molecule has 0 bridgehead atoms. The number of unbranched alkanes of at least 4 members (excludes halogenated alkanes) is 29. The van der Waals surface area contributed by atoms with E-state index < -0.39 is 5.97 Å². The molecule has 0 saturated heterocycles. The molecule has 0 aliphatic carbocycles. The lowest BCUT2D eigenvalue weighted by molar-refractivity contribution is -0.147. The van der Waals surface area contributed by atoms with Gasteiger partial charge in [-0.3, -0.25) is 14.4 Å². The van der Waals surface area contributed by atoms with E-state index in [1.54, 1.807) is 0 Å². The van der Waals surface area contributed by atoms with E-state index in [0.29, 0.717) is 12.8 Å². The van der Waals surface area contributed by atoms with Gasteiger partial charge in [0.25, 0.3) is 0 Å². The number of nitrogens with one attached hydrogen (secondary N) is 1. The molecule has 294 valence electrons. The summed E-state index contributed by atoms with van der Waals surface area (Å²) in [5.74, 6) is -1.31. The number of carbonyl (C=O) groups is 3. The molecule has 0 heterocycles. The molecule has 2 N–H and O–H groups in total. The summed E-state index contributed by atoms with van der Waals surface area (Å²) in [6, 6.07) is 0. The van der Waals surface area contributed by atoms with E-state index in [1.807, 2.05) is 0 Å². The monoisotopic (exact) mass is 706 g/mol. The molecule has 0 saturated carbocycles. The Balaban J connectivity index is 3.99. The summed E-state index contributed by atoms with van der Waals surface area (Å²) >= 11 is 0. The maximum atomic E-state index is 12.7. The Hall–Kier alpha value is -1.85. The standard InChI is InChI=1S/C44H83NO5/c1-3-5-7-9-11-13-14-15-16-17-18-19-20-21-22-23-25-27-29-35-39-44(49)50-41(36-32-28-26-24-12-10-8-6-4-2)37-33-30-31-34-38-42(46)45-40-43(47)48/h32,36,41H,3-31,33-35,37-40H2,1-2H3,(H,45,46)(H,47,48)/b36-32-. The molecule has 6 nitrogen and oxygen atoms in total. The molecular formula is C44H83NO5. The highest BCUT2D eigenvalue weighted by Gasteiger charge is 2.12. The molecule has 50 heavy (non-hydrogen) atoms. The van der Waals surface area contributed by atoms with E-state index in [-0.39, 0.29) is 24.5 Å². The van der Waals surface area contributed by atoms with Gasteiger partial charge in [-0.1, -0.05) is 193 Å². The first-order chi connectivity index (χ1) is 24.5. The van der Waals surface area contributed by atoms with Crippen LogP contribution in [0.15, 0.2) is 12.2 Å². The van der Waals surface area contributed by atoms with Gasteiger partial charge in [0.05, 0.1) is 0 Å². The summed E-state index contributed by atoms with van der Waals surface area (Å²) in [6.45, 7) is 4.22. The number of amides is 1. The first kappa shape index (κ1) is 48.1. The first-order valence-electron chi connectivity index (χ1n) is 21.8. The molecular weight excluding hydrogens is 622 g/mol. The number of esters is 1. The van der Waals surface area contributed by atoms with Crippen LogP contribution in [0.25, 0.3) is 0 Å². The number of aliphatic carboxylic acids is 1. The fraction of sp³-hybridized carbons (Fsp3) is 0.886. The molecule has 0 aliphatic rings. The molecule has 0 radical (unpaired) electrons. The Bertz CT molecular complexity index is 782. The van der Waals surface area contributed by atoms with Crippen LogP contribution < -0.4 is 5.32 Å². The predicted molar refractivity (Wildman–Crippen MR) is 213 cm³/mol. The van der Waals surface area contributed by atoms with E-state index in [2.05, 4.69) is 31.3 Å². The molecule has 0 spiro atoms. The van der Waals surface area contributed by atoms with Crippen LogP contribution in [0.4, 0.5) is 0 Å². The summed E-state index contributed by atoms with van der Waals surface area (Å²) < 4.78 is 5.92. The summed E-state index contributed by atoms with van der Waals surface area (Å²) in [4.78, 5) is 35.0. The minimum atomic E-state index is -1.02. The number of carboxylic acid groups (broad SMARTS) is 1. The second kappa shape index (κ2) is 39.9. The van der Waals surface area contributed by atoms with Gasteiger partial charge in [0, 0.05) is 12.8 Å². The molecule has 0 aromatic carbocycles. The van der Waals surface area contributed by atoms with E-state index >= 15 is 0 Å². The zero-order valence-corrected chi connectivity index (χ0v) is 33.3. The highest BCUT2D eigenvalue weighted by Crippen LogP contribution is 2.17. The van der Waals surface area contributed by atoms with E-state index in [4.69, 9.17) is 9.84 Å². The molecule has 1 unspecified atom stereocenters. The van der Waals surface area contributed by atoms with Crippen molar-refractivity contribution in [3.8, 4) is 0 Å². The van der Waals surface area contributed by atoms with Gasteiger partial charge in [0.2, 0.25) is 5.91 Å². The Morgan fingerprint density at radius 3 is 1.34 bits per heavy atom. The molecule has 1 amide bonds. The molecule has 0 fully saturated rings. The van der Waals surface area contributed by atoms with E-state index in [9.17, 15) is 14.4 Å². The smallest absolute Gasteiger partial charge is 0.322 e. The van der Waals surface area contributed by atoms with Crippen molar-refractivity contribution in [1.82, 2.24) is 5.32 Å². The van der Waals surface area contributed by atoms with Crippen LogP contribution in [-0.2, 0) is 19.1 Å². The number of hydrogen-bond donors (Lipinski definition) is 2. The summed E-state index contributed by atoms with van der Waals surface area (Å²) in [6.07, 6.45) is 46.5. The van der Waals surface area contributed by atoms with Crippen LogP contribution in [0.2, 0.25) is 0 Å². The predicted octanol–water partition coefficient (Wildman–Crippen LogP) is 13.3. The number of carboxylic acids is 1. The average molecular weight is 706 g/mol. The second-order valence-corrected chi connectivity index (χ2v) is 15.0. The van der Waals surface area contributed by atoms with Crippen LogP contribution in [-0.4, -0.2) is 35.6 Å². The largest absolute Gasteiger partial charge is 0.480 e. The third-order valence-electron chi connectivity index (χ3n) is 9.92. The fourth-order valence-electron chi connectivity index (χ4n) is 6.66. The maximum Gasteiger partial charge on any atom is 0.322 e. The van der Waals surface area contributed by atoms with E-state index in [0.717, 1.165) is 51.4 Å². The van der Waals surface area contributed by atoms with Crippen LogP contribution in [0.5, 0.6) is 0 Å². The van der Waals surface area contributed by atoms with Crippen molar-refractivity contribution in [2.75, 3.05) is 6.54 Å². The first-order valence-corrected chi connectivity index (χ1v) is 21.8. The Morgan fingerprint density at radius 1 is 0.520 bits per heavy atom. The minimum Gasteiger partial charge on any atom is -0.480 e. The van der Waals surface area contributed by atoms with E-state index in [1.165, 1.54) is 161 Å². The molecule has 0 aliphatic heterocycles. The molecule has 0 aromatic rings. The molecule has 6 heteroatoms. The van der Waals surface area contributed by atoms with Crippen molar-refractivity contribution in [2.24, 2.45) is 0 Å². The zero-order chi connectivity index (χ0) is 36.6. The highest BCUT2D eigenvalue weighted by molar-refractivity contribution is 5.80. The van der Waals surface area contributed by atoms with Gasteiger partial charge in [0.1, 0.15) is 12.6 Å². The average Bonchev–Trinajstić information content (AvgIpc) is 3.10. The lowest BCUT2D eigenvalue weighted by atomic mass is 10.0. The van der Waals surface area contributed by atoms with Gasteiger partial charge in [-0.15, -0.1) is 0 Å². The van der Waals surface area contributed by atoms with Crippen LogP contribution in [0, 0.1) is 0 Å². The Labute approximate surface area is 310 Å². The maximum absolute atomic E-state index is 12.7. The number of hydrogen-bond acceptors (Lipinski definition) is 4. The minimum absolute atomic E-state index is 0.0758. The van der Waals surface area contributed by atoms with Crippen molar-refractivity contribution < 1.29 is 24.2 Å². The summed E-state index contributed by atoms with van der Waals surface area (Å²) in [5, 5.41) is 11.1. The van der Waals surface area contributed by atoms with Gasteiger partial charge in [-0.25, -0.2) is 0 Å². The van der Waals surface area contributed by atoms with Crippen molar-refractivity contribution >= 4 is 17.8 Å². The number of rotatable bonds is 40. The lowest BCUT2D eigenvalue weighted by Gasteiger charge is -2.15. The molecule has 0 rings (SSSR count). The van der Waals surface area contributed by atoms with Gasteiger partial charge in [-0.2, -0.15) is 0 Å². The second-order valence-electron chi connectivity index (χ2n) is 15.0. The van der Waals surface area contributed by atoms with Crippen LogP contribution >= 0.6 is 0 Å². The zero-order valence-electron chi connectivity index (χ0n) is 33.3. The highest BCUT2D eigenvalue weighted by atomic mass is 16.5. The third-order valence-corrected chi connectivity index (χ3v) is 9.92. The SMILES string of the molecule is CCCCCCCCC/C=C\C(CCCCCCC(=O)NCC(=O)O)OC(=O)CCCCCCCCCCCCCCCCCCCCCC. The van der Waals surface area contributed by atoms with Gasteiger partial charge in [0.15, 0.2) is 0 Å². The third kappa shape index (κ3) is 38.9. The van der Waals surface area contributed by atoms with Crippen LogP contribution in [0.3, 0.4) is 0 Å². The Morgan fingerprint density at radius 2 is 0.900 bits per heavy atom. The van der Waals surface area contributed by atoms with Gasteiger partial charge < -0.3 is 15.2 Å². The molecule has 1 atom stereocenters. The van der Waals surface area contributed by atoms with Crippen molar-refractivity contribution in [2.45, 2.75) is 245 Å². The quantitative estimate of drug-likeness (QED) is 0.0376. The van der Waals surface area contributed by atoms with Crippen LogP contribution in [0.1, 0.15) is 239 Å². The fourth-order valence-corrected chi connectivity index (χ4v) is 6.66. The summed E-state index contributed by atoms with van der Waals surface area (Å²) in [7, 11) is 0. The topological polar surface area (TPSA) is 92.7 Å². The normalized spacial score (nSPS) is 12.0. The number of ether oxygens (including phenoxy) is 1. The van der Waals surface area contributed by atoms with Gasteiger partial charge in [-0.05, 0) is 44.6 Å². The number of allylic oxidation sites excluding steroid dienone is 1. The molecule has 0 aromatic heterocycles. The van der Waals surface area contributed by atoms with Crippen molar-refractivity contribution in [3.63, 3.8) is 0 Å². The van der Waals surface area contributed by atoms with Crippen molar-refractivity contribution in [1.29, 1.82) is 0 Å². The number of carbonyl (C=O) groups excluding carboxylic acids is 2. The summed E-state index contributed by atoms with van der Waals surface area (Å²) in [5.41, 5.74) is 0. The van der Waals surface area contributed by atoms with Crippen molar-refractivity contribution in [3.05, 3.63) is 12.2 Å². The van der Waals surface area contributed by atoms with Gasteiger partial charge >= 0.3 is 11.9 Å².